The van der Waals surface area contributed by atoms with Gasteiger partial charge in [-0.05, 0) is 0 Å². The SMILES string of the molecule is CC(C)C1=CC[C]([Hf]([N](C)C)([N](C)C)[N](C)C)=C1C(C)C. The van der Waals surface area contributed by atoms with E-state index in [1.807, 2.05) is 0 Å². The zero-order valence-electron chi connectivity index (χ0n) is 15.8. The second-order valence-corrected chi connectivity index (χ2v) is 23.8. The molecule has 0 atom stereocenters. The molecular weight excluding hydrogens is 425 g/mol. The van der Waals surface area contributed by atoms with Gasteiger partial charge in [0.15, 0.2) is 0 Å². The third-order valence-electron chi connectivity index (χ3n) is 4.64. The average molecular weight is 460 g/mol. The Bertz CT molecular complexity index is 410. The van der Waals surface area contributed by atoms with Gasteiger partial charge in [0.1, 0.15) is 0 Å². The predicted octanol–water partition coefficient (Wildman–Crippen LogP) is 3.47. The molecule has 1 rings (SSSR count). The van der Waals surface area contributed by atoms with Crippen molar-refractivity contribution in [3.63, 3.8) is 0 Å². The zero-order valence-corrected chi connectivity index (χ0v) is 19.4. The second-order valence-electron chi connectivity index (χ2n) is 7.38. The van der Waals surface area contributed by atoms with Crippen LogP contribution in [0.4, 0.5) is 0 Å². The van der Waals surface area contributed by atoms with Crippen LogP contribution in [0.2, 0.25) is 0 Å². The van der Waals surface area contributed by atoms with E-state index in [4.69, 9.17) is 0 Å². The van der Waals surface area contributed by atoms with E-state index in [0.717, 1.165) is 6.42 Å². The van der Waals surface area contributed by atoms with Crippen molar-refractivity contribution in [3.05, 3.63) is 20.6 Å². The molecule has 0 saturated heterocycles. The molecule has 0 radical (unpaired) electrons. The van der Waals surface area contributed by atoms with Crippen LogP contribution in [-0.2, 0) is 20.8 Å². The molecule has 0 aromatic heterocycles. The molecule has 0 aromatic rings. The van der Waals surface area contributed by atoms with Gasteiger partial charge in [-0.1, -0.05) is 0 Å². The first-order valence-electron chi connectivity index (χ1n) is 8.04. The fourth-order valence-corrected chi connectivity index (χ4v) is 22.8. The summed E-state index contributed by atoms with van der Waals surface area (Å²) in [6.07, 6.45) is 3.65. The molecule has 0 unspecified atom stereocenters. The van der Waals surface area contributed by atoms with Gasteiger partial charge in [-0.25, -0.2) is 0 Å². The Morgan fingerprint density at radius 1 is 0.810 bits per heavy atom. The molecule has 0 amide bonds. The van der Waals surface area contributed by atoms with Crippen molar-refractivity contribution in [1.82, 2.24) is 8.66 Å². The molecule has 0 saturated carbocycles. The van der Waals surface area contributed by atoms with Crippen LogP contribution >= 0.6 is 0 Å². The van der Waals surface area contributed by atoms with Gasteiger partial charge >= 0.3 is 138 Å². The van der Waals surface area contributed by atoms with Crippen molar-refractivity contribution >= 4 is 0 Å². The van der Waals surface area contributed by atoms with E-state index in [0.29, 0.717) is 11.8 Å². The molecule has 1 aliphatic rings. The fourth-order valence-electron chi connectivity index (χ4n) is 4.16. The molecule has 0 spiro atoms. The van der Waals surface area contributed by atoms with E-state index in [-0.39, 0.29) is 0 Å². The summed E-state index contributed by atoms with van der Waals surface area (Å²) in [4.78, 5) is 0. The van der Waals surface area contributed by atoms with Crippen molar-refractivity contribution in [2.24, 2.45) is 11.8 Å². The Labute approximate surface area is 138 Å². The average Bonchev–Trinajstić information content (AvgIpc) is 2.73. The Balaban J connectivity index is 3.57. The molecule has 21 heavy (non-hydrogen) atoms. The van der Waals surface area contributed by atoms with E-state index in [1.54, 1.807) is 14.5 Å². The van der Waals surface area contributed by atoms with E-state index in [1.165, 1.54) is 0 Å². The van der Waals surface area contributed by atoms with Crippen LogP contribution < -0.4 is 0 Å². The summed E-state index contributed by atoms with van der Waals surface area (Å²) < 4.78 is 9.42. The van der Waals surface area contributed by atoms with Crippen LogP contribution in [0.1, 0.15) is 34.1 Å². The molecule has 122 valence electrons. The summed E-state index contributed by atoms with van der Waals surface area (Å²) in [6, 6.07) is 0. The molecule has 4 heteroatoms. The molecule has 0 N–H and O–H groups in total. The van der Waals surface area contributed by atoms with Gasteiger partial charge in [0.05, 0.1) is 0 Å². The first-order valence-corrected chi connectivity index (χ1v) is 14.7. The van der Waals surface area contributed by atoms with Gasteiger partial charge in [0.2, 0.25) is 0 Å². The fraction of sp³-hybridized carbons (Fsp3) is 0.765. The monoisotopic (exact) mass is 461 g/mol. The van der Waals surface area contributed by atoms with Gasteiger partial charge in [-0.2, -0.15) is 0 Å². The van der Waals surface area contributed by atoms with Crippen molar-refractivity contribution in [1.29, 1.82) is 0 Å². The number of rotatable bonds is 6. The summed E-state index contributed by atoms with van der Waals surface area (Å²) >= 11 is -3.06. The third kappa shape index (κ3) is 3.29. The molecule has 0 fully saturated rings. The minimum atomic E-state index is -3.06. The van der Waals surface area contributed by atoms with Crippen LogP contribution in [0, 0.1) is 11.8 Å². The molecule has 0 aliphatic heterocycles. The van der Waals surface area contributed by atoms with Gasteiger partial charge in [0, 0.05) is 0 Å². The van der Waals surface area contributed by atoms with Crippen molar-refractivity contribution < 1.29 is 20.8 Å². The summed E-state index contributed by atoms with van der Waals surface area (Å²) in [5.74, 6) is 1.23. The predicted molar refractivity (Wildman–Crippen MR) is 90.5 cm³/mol. The molecule has 3 nitrogen and oxygen atoms in total. The van der Waals surface area contributed by atoms with Gasteiger partial charge in [0.25, 0.3) is 0 Å². The maximum atomic E-state index is 2.56. The van der Waals surface area contributed by atoms with Crippen molar-refractivity contribution in [2.75, 3.05) is 42.3 Å². The maximum absolute atomic E-state index is 3.06. The Morgan fingerprint density at radius 3 is 1.52 bits per heavy atom. The van der Waals surface area contributed by atoms with Crippen LogP contribution in [-0.4, -0.2) is 50.9 Å². The Kier molecular flexibility index (Phi) is 6.61. The number of allylic oxidation sites excluding steroid dienone is 4. The Hall–Kier alpha value is 0.230. The van der Waals surface area contributed by atoms with Crippen LogP contribution in [0.25, 0.3) is 0 Å². The molecule has 0 bridgehead atoms. The molecule has 0 aromatic carbocycles. The molecular formula is C17H35HfN3. The van der Waals surface area contributed by atoms with Crippen LogP contribution in [0.5, 0.6) is 0 Å². The quantitative estimate of drug-likeness (QED) is 0.563. The first kappa shape index (κ1) is 19.3. The van der Waals surface area contributed by atoms with E-state index < -0.39 is 20.8 Å². The summed E-state index contributed by atoms with van der Waals surface area (Å²) in [5, 5.41) is 0. The molecule has 1 aliphatic carbocycles. The minimum absolute atomic E-state index is 0.607. The topological polar surface area (TPSA) is 9.72 Å². The van der Waals surface area contributed by atoms with Crippen LogP contribution in [0.3, 0.4) is 0 Å². The van der Waals surface area contributed by atoms with Gasteiger partial charge in [-0.15, -0.1) is 0 Å². The van der Waals surface area contributed by atoms with Gasteiger partial charge < -0.3 is 0 Å². The Morgan fingerprint density at radius 2 is 1.24 bits per heavy atom. The number of hydrogen-bond acceptors (Lipinski definition) is 3. The third-order valence-corrected chi connectivity index (χ3v) is 22.7. The summed E-state index contributed by atoms with van der Waals surface area (Å²) in [7, 11) is 13.7. The number of nitrogens with zero attached hydrogens (tertiary/aromatic N) is 3. The second kappa shape index (κ2) is 7.20. The van der Waals surface area contributed by atoms with Gasteiger partial charge in [-0.3, -0.25) is 0 Å². The van der Waals surface area contributed by atoms with E-state index in [2.05, 4.69) is 84.7 Å². The number of hydrogen-bond donors (Lipinski definition) is 0. The van der Waals surface area contributed by atoms with Crippen LogP contribution in [0.15, 0.2) is 20.6 Å². The zero-order chi connectivity index (χ0) is 16.5. The summed E-state index contributed by atoms with van der Waals surface area (Å²) in [5.41, 5.74) is 3.25. The van der Waals surface area contributed by atoms with Crippen molar-refractivity contribution in [3.8, 4) is 0 Å². The normalized spacial score (nSPS) is 17.2. The summed E-state index contributed by atoms with van der Waals surface area (Å²) in [6.45, 7) is 9.38. The first-order chi connectivity index (χ1) is 9.58. The van der Waals surface area contributed by atoms with E-state index in [9.17, 15) is 0 Å². The standard InChI is InChI=1S/C11H17.3C2H6N.Hf/c1-8(2)10-6-5-7-11(10)9(3)4;3*1-3-2;/h6,8-9H,5H2,1-4H3;3*1-2H3;/q;3*-1;+3. The molecule has 0 heterocycles. The van der Waals surface area contributed by atoms with Crippen molar-refractivity contribution in [2.45, 2.75) is 34.1 Å². The van der Waals surface area contributed by atoms with E-state index >= 15 is 0 Å².